The van der Waals surface area contributed by atoms with Crippen molar-refractivity contribution >= 4 is 33.7 Å². The fraction of sp³-hybridized carbons (Fsp3) is 0.500. The Labute approximate surface area is 120 Å². The minimum atomic E-state index is -0.835. The standard InChI is InChI=1S/C14H17BrO2S/c15-10-7-8-12(14(16)17)13(9-10)18-11-5-3-1-2-4-6-11/h7-9,11H,1-6H2,(H,16,17). The predicted octanol–water partition coefficient (Wildman–Crippen LogP) is 4.96. The SMILES string of the molecule is O=C(O)c1ccc(Br)cc1SC1CCCCCC1. The number of rotatable bonds is 3. The van der Waals surface area contributed by atoms with E-state index in [1.807, 2.05) is 6.07 Å². The zero-order valence-electron chi connectivity index (χ0n) is 10.2. The molecular weight excluding hydrogens is 312 g/mol. The van der Waals surface area contributed by atoms with E-state index in [2.05, 4.69) is 15.9 Å². The van der Waals surface area contributed by atoms with Gasteiger partial charge in [0.2, 0.25) is 0 Å². The second-order valence-electron chi connectivity index (χ2n) is 4.68. The van der Waals surface area contributed by atoms with Crippen LogP contribution in [0.2, 0.25) is 0 Å². The van der Waals surface area contributed by atoms with E-state index in [4.69, 9.17) is 0 Å². The molecule has 4 heteroatoms. The van der Waals surface area contributed by atoms with Gasteiger partial charge in [0, 0.05) is 14.6 Å². The van der Waals surface area contributed by atoms with Crippen LogP contribution in [0.4, 0.5) is 0 Å². The molecule has 0 radical (unpaired) electrons. The second kappa shape index (κ2) is 6.62. The maximum atomic E-state index is 11.2. The van der Waals surface area contributed by atoms with Crippen LogP contribution >= 0.6 is 27.7 Å². The van der Waals surface area contributed by atoms with Gasteiger partial charge in [-0.05, 0) is 31.0 Å². The molecule has 18 heavy (non-hydrogen) atoms. The fourth-order valence-corrected chi connectivity index (χ4v) is 4.23. The van der Waals surface area contributed by atoms with Crippen molar-refractivity contribution in [3.8, 4) is 0 Å². The Balaban J connectivity index is 2.15. The van der Waals surface area contributed by atoms with Crippen molar-refractivity contribution in [3.05, 3.63) is 28.2 Å². The van der Waals surface area contributed by atoms with E-state index < -0.39 is 5.97 Å². The molecule has 0 amide bonds. The van der Waals surface area contributed by atoms with Crippen molar-refractivity contribution in [3.63, 3.8) is 0 Å². The third-order valence-corrected chi connectivity index (χ3v) is 5.16. The Kier molecular flexibility index (Phi) is 5.13. The molecular formula is C14H17BrO2S. The van der Waals surface area contributed by atoms with E-state index in [1.54, 1.807) is 23.9 Å². The molecule has 0 heterocycles. The molecule has 1 fully saturated rings. The molecule has 2 nitrogen and oxygen atoms in total. The highest BCUT2D eigenvalue weighted by molar-refractivity contribution is 9.10. The molecule has 0 spiro atoms. The van der Waals surface area contributed by atoms with Gasteiger partial charge in [-0.15, -0.1) is 11.8 Å². The quantitative estimate of drug-likeness (QED) is 0.796. The molecule has 1 saturated carbocycles. The van der Waals surface area contributed by atoms with Crippen molar-refractivity contribution in [2.75, 3.05) is 0 Å². The molecule has 1 aromatic rings. The maximum absolute atomic E-state index is 11.2. The van der Waals surface area contributed by atoms with E-state index in [0.29, 0.717) is 10.8 Å². The first-order chi connectivity index (χ1) is 8.66. The monoisotopic (exact) mass is 328 g/mol. The largest absolute Gasteiger partial charge is 0.478 e. The molecule has 0 unspecified atom stereocenters. The average Bonchev–Trinajstić information content (AvgIpc) is 2.57. The van der Waals surface area contributed by atoms with Crippen LogP contribution in [0.5, 0.6) is 0 Å². The van der Waals surface area contributed by atoms with E-state index in [-0.39, 0.29) is 0 Å². The number of carboxylic acids is 1. The summed E-state index contributed by atoms with van der Waals surface area (Å²) < 4.78 is 0.948. The third-order valence-electron chi connectivity index (χ3n) is 3.27. The lowest BCUT2D eigenvalue weighted by Crippen LogP contribution is -2.04. The first kappa shape index (κ1) is 13.9. The van der Waals surface area contributed by atoms with Gasteiger partial charge < -0.3 is 5.11 Å². The van der Waals surface area contributed by atoms with Crippen LogP contribution < -0.4 is 0 Å². The van der Waals surface area contributed by atoms with Crippen LogP contribution in [0.3, 0.4) is 0 Å². The molecule has 98 valence electrons. The first-order valence-electron chi connectivity index (χ1n) is 6.36. The van der Waals surface area contributed by atoms with Gasteiger partial charge in [-0.3, -0.25) is 0 Å². The number of hydrogen-bond acceptors (Lipinski definition) is 2. The summed E-state index contributed by atoms with van der Waals surface area (Å²) in [5.41, 5.74) is 0.424. The number of aromatic carboxylic acids is 1. The first-order valence-corrected chi connectivity index (χ1v) is 8.03. The molecule has 0 bridgehead atoms. The summed E-state index contributed by atoms with van der Waals surface area (Å²) in [5.74, 6) is -0.835. The molecule has 1 aliphatic rings. The van der Waals surface area contributed by atoms with Crippen LogP contribution in [0, 0.1) is 0 Å². The molecule has 1 aromatic carbocycles. The number of carbonyl (C=O) groups is 1. The van der Waals surface area contributed by atoms with Gasteiger partial charge in [0.1, 0.15) is 0 Å². The van der Waals surface area contributed by atoms with Crippen molar-refractivity contribution < 1.29 is 9.90 Å². The lowest BCUT2D eigenvalue weighted by atomic mass is 10.2. The molecule has 2 rings (SSSR count). The highest BCUT2D eigenvalue weighted by atomic mass is 79.9. The molecule has 1 aliphatic carbocycles. The minimum absolute atomic E-state index is 0.424. The number of benzene rings is 1. The lowest BCUT2D eigenvalue weighted by Gasteiger charge is -2.15. The van der Waals surface area contributed by atoms with E-state index >= 15 is 0 Å². The normalized spacial score (nSPS) is 17.4. The van der Waals surface area contributed by atoms with Crippen LogP contribution in [0.15, 0.2) is 27.6 Å². The van der Waals surface area contributed by atoms with Gasteiger partial charge in [0.25, 0.3) is 0 Å². The van der Waals surface area contributed by atoms with Crippen LogP contribution in [0.1, 0.15) is 48.9 Å². The molecule has 0 saturated heterocycles. The number of hydrogen-bond donors (Lipinski definition) is 1. The molecule has 0 aromatic heterocycles. The van der Waals surface area contributed by atoms with Crippen LogP contribution in [-0.4, -0.2) is 16.3 Å². The number of halogens is 1. The van der Waals surface area contributed by atoms with Crippen LogP contribution in [0.25, 0.3) is 0 Å². The molecule has 0 aliphatic heterocycles. The van der Waals surface area contributed by atoms with E-state index in [1.165, 1.54) is 38.5 Å². The molecule has 1 N–H and O–H groups in total. The van der Waals surface area contributed by atoms with Gasteiger partial charge in [-0.1, -0.05) is 41.6 Å². The summed E-state index contributed by atoms with van der Waals surface area (Å²) in [7, 11) is 0. The Hall–Kier alpha value is -0.480. The lowest BCUT2D eigenvalue weighted by molar-refractivity contribution is 0.0693. The smallest absolute Gasteiger partial charge is 0.336 e. The van der Waals surface area contributed by atoms with Crippen molar-refractivity contribution in [2.45, 2.75) is 48.7 Å². The van der Waals surface area contributed by atoms with E-state index in [9.17, 15) is 9.90 Å². The second-order valence-corrected chi connectivity index (χ2v) is 6.93. The van der Waals surface area contributed by atoms with Gasteiger partial charge in [-0.2, -0.15) is 0 Å². The summed E-state index contributed by atoms with van der Waals surface area (Å²) in [6.07, 6.45) is 7.59. The maximum Gasteiger partial charge on any atom is 0.336 e. The Morgan fingerprint density at radius 3 is 2.50 bits per heavy atom. The zero-order valence-corrected chi connectivity index (χ0v) is 12.6. The van der Waals surface area contributed by atoms with Gasteiger partial charge in [0.05, 0.1) is 5.56 Å². The van der Waals surface area contributed by atoms with Crippen molar-refractivity contribution in [1.29, 1.82) is 0 Å². The predicted molar refractivity (Wildman–Crippen MR) is 78.4 cm³/mol. The highest BCUT2D eigenvalue weighted by Gasteiger charge is 2.17. The number of thioether (sulfide) groups is 1. The third kappa shape index (κ3) is 3.75. The van der Waals surface area contributed by atoms with Gasteiger partial charge in [0.15, 0.2) is 0 Å². The highest BCUT2D eigenvalue weighted by Crippen LogP contribution is 2.35. The van der Waals surface area contributed by atoms with Gasteiger partial charge in [-0.25, -0.2) is 4.79 Å². The summed E-state index contributed by atoms with van der Waals surface area (Å²) >= 11 is 5.16. The van der Waals surface area contributed by atoms with Crippen molar-refractivity contribution in [1.82, 2.24) is 0 Å². The van der Waals surface area contributed by atoms with Crippen LogP contribution in [-0.2, 0) is 0 Å². The zero-order chi connectivity index (χ0) is 13.0. The van der Waals surface area contributed by atoms with E-state index in [0.717, 1.165) is 9.37 Å². The summed E-state index contributed by atoms with van der Waals surface area (Å²) in [4.78, 5) is 12.1. The van der Waals surface area contributed by atoms with Crippen molar-refractivity contribution in [2.24, 2.45) is 0 Å². The molecule has 0 atom stereocenters. The van der Waals surface area contributed by atoms with Gasteiger partial charge >= 0.3 is 5.97 Å². The Morgan fingerprint density at radius 1 is 1.22 bits per heavy atom. The summed E-state index contributed by atoms with van der Waals surface area (Å²) in [6.45, 7) is 0. The average molecular weight is 329 g/mol. The number of carboxylic acid groups (broad SMARTS) is 1. The minimum Gasteiger partial charge on any atom is -0.478 e. The summed E-state index contributed by atoms with van der Waals surface area (Å²) in [5, 5.41) is 9.78. The topological polar surface area (TPSA) is 37.3 Å². The Bertz CT molecular complexity index is 426. The summed E-state index contributed by atoms with van der Waals surface area (Å²) in [6, 6.07) is 5.41. The Morgan fingerprint density at radius 2 is 1.89 bits per heavy atom. The fourth-order valence-electron chi connectivity index (χ4n) is 2.31.